The Morgan fingerprint density at radius 2 is 1.96 bits per heavy atom. The molecule has 0 spiro atoms. The lowest BCUT2D eigenvalue weighted by Crippen LogP contribution is -2.40. The van der Waals surface area contributed by atoms with Gasteiger partial charge < -0.3 is 15.0 Å². The molecule has 1 saturated heterocycles. The van der Waals surface area contributed by atoms with E-state index in [1.165, 1.54) is 0 Å². The average Bonchev–Trinajstić information content (AvgIpc) is 2.99. The minimum absolute atomic E-state index is 0.0125. The number of amides is 2. The quantitative estimate of drug-likeness (QED) is 0.875. The lowest BCUT2D eigenvalue weighted by Gasteiger charge is -2.26. The predicted octanol–water partition coefficient (Wildman–Crippen LogP) is 1.46. The molecule has 0 aromatic carbocycles. The summed E-state index contributed by atoms with van der Waals surface area (Å²) >= 11 is 0. The highest BCUT2D eigenvalue weighted by atomic mass is 16.5. The molecule has 138 valence electrons. The van der Waals surface area contributed by atoms with E-state index < -0.39 is 0 Å². The number of hydrogen-bond donors (Lipinski definition) is 1. The van der Waals surface area contributed by atoms with Crippen molar-refractivity contribution < 1.29 is 14.3 Å². The van der Waals surface area contributed by atoms with Crippen molar-refractivity contribution in [3.63, 3.8) is 0 Å². The molecule has 1 N–H and O–H groups in total. The van der Waals surface area contributed by atoms with Crippen LogP contribution >= 0.6 is 0 Å². The van der Waals surface area contributed by atoms with Crippen LogP contribution in [-0.4, -0.2) is 57.8 Å². The molecule has 8 heteroatoms. The summed E-state index contributed by atoms with van der Waals surface area (Å²) in [5.41, 5.74) is 2.51. The number of hydrogen-bond acceptors (Lipinski definition) is 5. The van der Waals surface area contributed by atoms with Crippen molar-refractivity contribution in [3.8, 4) is 5.82 Å². The number of nitrogens with one attached hydrogen (secondary N) is 1. The van der Waals surface area contributed by atoms with Crippen LogP contribution in [0.4, 0.5) is 5.69 Å². The third kappa shape index (κ3) is 4.45. The molecular formula is C18H23N5O3. The van der Waals surface area contributed by atoms with Gasteiger partial charge in [0.25, 0.3) is 0 Å². The molecule has 3 heterocycles. The average molecular weight is 357 g/mol. The molecule has 8 nitrogen and oxygen atoms in total. The molecule has 1 fully saturated rings. The zero-order valence-corrected chi connectivity index (χ0v) is 15.1. The van der Waals surface area contributed by atoms with E-state index in [1.807, 2.05) is 19.9 Å². The van der Waals surface area contributed by atoms with E-state index in [0.717, 1.165) is 11.4 Å². The van der Waals surface area contributed by atoms with Gasteiger partial charge in [0.15, 0.2) is 5.82 Å². The van der Waals surface area contributed by atoms with Crippen molar-refractivity contribution in [1.29, 1.82) is 0 Å². The maximum atomic E-state index is 12.1. The Morgan fingerprint density at radius 1 is 1.19 bits per heavy atom. The Labute approximate surface area is 152 Å². The third-order valence-corrected chi connectivity index (χ3v) is 4.19. The van der Waals surface area contributed by atoms with E-state index in [1.54, 1.807) is 27.9 Å². The number of ether oxygens (including phenoxy) is 1. The first-order valence-electron chi connectivity index (χ1n) is 8.68. The maximum absolute atomic E-state index is 12.1. The highest BCUT2D eigenvalue weighted by molar-refractivity contribution is 5.93. The number of carbonyl (C=O) groups is 2. The predicted molar refractivity (Wildman–Crippen MR) is 96.1 cm³/mol. The number of carbonyl (C=O) groups excluding carboxylic acids is 2. The summed E-state index contributed by atoms with van der Waals surface area (Å²) in [6, 6.07) is 5.55. The zero-order chi connectivity index (χ0) is 18.5. The molecule has 2 aromatic rings. The second-order valence-electron chi connectivity index (χ2n) is 6.29. The summed E-state index contributed by atoms with van der Waals surface area (Å²) in [6.45, 7) is 6.20. The van der Waals surface area contributed by atoms with E-state index >= 15 is 0 Å². The second kappa shape index (κ2) is 8.09. The van der Waals surface area contributed by atoms with Gasteiger partial charge in [-0.25, -0.2) is 9.67 Å². The van der Waals surface area contributed by atoms with Crippen LogP contribution in [-0.2, 0) is 14.3 Å². The van der Waals surface area contributed by atoms with Crippen LogP contribution in [0.2, 0.25) is 0 Å². The summed E-state index contributed by atoms with van der Waals surface area (Å²) < 4.78 is 6.97. The van der Waals surface area contributed by atoms with Gasteiger partial charge in [0.2, 0.25) is 11.8 Å². The highest BCUT2D eigenvalue weighted by Gasteiger charge is 2.17. The Balaban J connectivity index is 1.51. The van der Waals surface area contributed by atoms with Gasteiger partial charge in [-0.3, -0.25) is 9.59 Å². The van der Waals surface area contributed by atoms with Crippen LogP contribution in [0.15, 0.2) is 24.4 Å². The monoisotopic (exact) mass is 357 g/mol. The first-order valence-corrected chi connectivity index (χ1v) is 8.68. The van der Waals surface area contributed by atoms with E-state index in [0.29, 0.717) is 37.8 Å². The van der Waals surface area contributed by atoms with Crippen molar-refractivity contribution in [2.45, 2.75) is 26.7 Å². The molecule has 1 aliphatic rings. The fraction of sp³-hybridized carbons (Fsp3) is 0.444. The largest absolute Gasteiger partial charge is 0.378 e. The number of anilines is 1. The van der Waals surface area contributed by atoms with Crippen molar-refractivity contribution in [3.05, 3.63) is 35.8 Å². The van der Waals surface area contributed by atoms with Crippen LogP contribution in [0.5, 0.6) is 0 Å². The molecule has 0 bridgehead atoms. The lowest BCUT2D eigenvalue weighted by atomic mass is 10.2. The van der Waals surface area contributed by atoms with Crippen LogP contribution < -0.4 is 5.32 Å². The molecule has 2 amide bonds. The number of aromatic nitrogens is 3. The van der Waals surface area contributed by atoms with Gasteiger partial charge in [-0.2, -0.15) is 5.10 Å². The molecule has 0 aliphatic carbocycles. The van der Waals surface area contributed by atoms with Crippen LogP contribution in [0.3, 0.4) is 0 Å². The van der Waals surface area contributed by atoms with E-state index in [2.05, 4.69) is 15.4 Å². The highest BCUT2D eigenvalue weighted by Crippen LogP contribution is 2.13. The number of nitrogens with zero attached hydrogens (tertiary/aromatic N) is 4. The van der Waals surface area contributed by atoms with Crippen LogP contribution in [0.1, 0.15) is 24.2 Å². The number of morpholine rings is 1. The van der Waals surface area contributed by atoms with Crippen molar-refractivity contribution in [2.24, 2.45) is 0 Å². The molecule has 0 saturated carbocycles. The van der Waals surface area contributed by atoms with Crippen molar-refractivity contribution in [2.75, 3.05) is 31.6 Å². The zero-order valence-electron chi connectivity index (χ0n) is 15.1. The second-order valence-corrected chi connectivity index (χ2v) is 6.29. The molecule has 2 aromatic heterocycles. The van der Waals surface area contributed by atoms with Gasteiger partial charge in [0, 0.05) is 31.6 Å². The first kappa shape index (κ1) is 18.1. The van der Waals surface area contributed by atoms with Crippen LogP contribution in [0, 0.1) is 13.8 Å². The summed E-state index contributed by atoms with van der Waals surface area (Å²) in [5.74, 6) is 0.477. The van der Waals surface area contributed by atoms with E-state index in [4.69, 9.17) is 4.74 Å². The van der Waals surface area contributed by atoms with Gasteiger partial charge >= 0.3 is 0 Å². The normalized spacial score (nSPS) is 14.3. The maximum Gasteiger partial charge on any atom is 0.224 e. The van der Waals surface area contributed by atoms with Gasteiger partial charge in [0.05, 0.1) is 30.8 Å². The van der Waals surface area contributed by atoms with E-state index in [9.17, 15) is 9.59 Å². The molecule has 0 unspecified atom stereocenters. The van der Waals surface area contributed by atoms with Gasteiger partial charge in [-0.05, 0) is 32.0 Å². The summed E-state index contributed by atoms with van der Waals surface area (Å²) in [7, 11) is 0. The fourth-order valence-corrected chi connectivity index (χ4v) is 2.86. The Bertz CT molecular complexity index is 779. The molecule has 26 heavy (non-hydrogen) atoms. The van der Waals surface area contributed by atoms with Gasteiger partial charge in [0.1, 0.15) is 0 Å². The van der Waals surface area contributed by atoms with Crippen molar-refractivity contribution in [1.82, 2.24) is 19.7 Å². The van der Waals surface area contributed by atoms with Gasteiger partial charge in [-0.1, -0.05) is 0 Å². The number of aryl methyl sites for hydroxylation is 2. The van der Waals surface area contributed by atoms with Gasteiger partial charge in [-0.15, -0.1) is 0 Å². The minimum Gasteiger partial charge on any atom is -0.378 e. The van der Waals surface area contributed by atoms with Crippen molar-refractivity contribution >= 4 is 17.5 Å². The molecule has 0 radical (unpaired) electrons. The third-order valence-electron chi connectivity index (χ3n) is 4.19. The number of pyridine rings is 1. The standard InChI is InChI=1S/C18H23N5O3/c1-13-11-14(2)23(21-13)16-4-3-15(12-19-16)20-17(24)5-6-18(25)22-7-9-26-10-8-22/h3-4,11-12H,5-10H2,1-2H3,(H,20,24). The first-order chi connectivity index (χ1) is 12.5. The molecule has 1 aliphatic heterocycles. The van der Waals surface area contributed by atoms with E-state index in [-0.39, 0.29) is 24.7 Å². The molecule has 3 rings (SSSR count). The molecular weight excluding hydrogens is 334 g/mol. The Kier molecular flexibility index (Phi) is 5.62. The topological polar surface area (TPSA) is 89.4 Å². The minimum atomic E-state index is -0.202. The number of rotatable bonds is 5. The fourth-order valence-electron chi connectivity index (χ4n) is 2.86. The SMILES string of the molecule is Cc1cc(C)n(-c2ccc(NC(=O)CCC(=O)N3CCOCC3)cn2)n1. The molecule has 0 atom stereocenters. The smallest absolute Gasteiger partial charge is 0.224 e. The Hall–Kier alpha value is -2.74. The van der Waals surface area contributed by atoms with Crippen LogP contribution in [0.25, 0.3) is 5.82 Å². The lowest BCUT2D eigenvalue weighted by molar-refractivity contribution is -0.136. The summed E-state index contributed by atoms with van der Waals surface area (Å²) in [6.07, 6.45) is 1.94. The summed E-state index contributed by atoms with van der Waals surface area (Å²) in [5, 5.41) is 7.15. The summed E-state index contributed by atoms with van der Waals surface area (Å²) in [4.78, 5) is 30.2. The Morgan fingerprint density at radius 3 is 2.58 bits per heavy atom.